The van der Waals surface area contributed by atoms with Crippen LogP contribution in [0.4, 0.5) is 5.69 Å². The minimum Gasteiger partial charge on any atom is -0.352 e. The summed E-state index contributed by atoms with van der Waals surface area (Å²) in [6, 6.07) is 5.08. The highest BCUT2D eigenvalue weighted by Gasteiger charge is 2.16. The van der Waals surface area contributed by atoms with E-state index in [2.05, 4.69) is 19.2 Å². The first-order valence-electron chi connectivity index (χ1n) is 6.95. The average Bonchev–Trinajstić information content (AvgIpc) is 2.36. The summed E-state index contributed by atoms with van der Waals surface area (Å²) in [4.78, 5) is 12.1. The van der Waals surface area contributed by atoms with Crippen LogP contribution in [0.25, 0.3) is 0 Å². The summed E-state index contributed by atoms with van der Waals surface area (Å²) in [5.74, 6) is 0.342. The number of amides is 1. The van der Waals surface area contributed by atoms with Crippen molar-refractivity contribution in [3.8, 4) is 0 Å². The zero-order valence-corrected chi connectivity index (χ0v) is 14.1. The molecule has 0 saturated heterocycles. The minimum atomic E-state index is -3.35. The van der Waals surface area contributed by atoms with E-state index in [1.165, 1.54) is 11.4 Å². The molecule has 0 atom stereocenters. The largest absolute Gasteiger partial charge is 0.352 e. The summed E-state index contributed by atoms with van der Waals surface area (Å²) in [6.07, 6.45) is 2.05. The SMILES string of the molecule is Cc1ccc(C(=O)NCCC(C)C)cc1N(C)S(C)(=O)=O. The summed E-state index contributed by atoms with van der Waals surface area (Å²) in [5, 5.41) is 2.85. The number of sulfonamides is 1. The van der Waals surface area contributed by atoms with Crippen LogP contribution in [0.1, 0.15) is 36.2 Å². The number of aryl methyl sites for hydroxylation is 1. The Morgan fingerprint density at radius 3 is 2.48 bits per heavy atom. The van der Waals surface area contributed by atoms with Crippen LogP contribution >= 0.6 is 0 Å². The Bertz CT molecular complexity index is 609. The van der Waals surface area contributed by atoms with Crippen LogP contribution in [0.2, 0.25) is 0 Å². The van der Waals surface area contributed by atoms with E-state index in [4.69, 9.17) is 0 Å². The molecule has 5 nitrogen and oxygen atoms in total. The van der Waals surface area contributed by atoms with Crippen LogP contribution < -0.4 is 9.62 Å². The summed E-state index contributed by atoms with van der Waals surface area (Å²) < 4.78 is 24.5. The van der Waals surface area contributed by atoms with Crippen molar-refractivity contribution in [3.63, 3.8) is 0 Å². The van der Waals surface area contributed by atoms with Crippen molar-refractivity contribution >= 4 is 21.6 Å². The molecule has 1 aromatic rings. The number of carbonyl (C=O) groups excluding carboxylic acids is 1. The van der Waals surface area contributed by atoms with Crippen LogP contribution in [0.3, 0.4) is 0 Å². The summed E-state index contributed by atoms with van der Waals surface area (Å²) >= 11 is 0. The standard InChI is InChI=1S/C15H24N2O3S/c1-11(2)8-9-16-15(18)13-7-6-12(3)14(10-13)17(4)21(5,19)20/h6-7,10-11H,8-9H2,1-5H3,(H,16,18). The van der Waals surface area contributed by atoms with Gasteiger partial charge in [0.25, 0.3) is 5.91 Å². The highest BCUT2D eigenvalue weighted by Crippen LogP contribution is 2.22. The summed E-state index contributed by atoms with van der Waals surface area (Å²) in [5.41, 5.74) is 1.80. The van der Waals surface area contributed by atoms with Crippen LogP contribution in [-0.2, 0) is 10.0 Å². The molecule has 21 heavy (non-hydrogen) atoms. The molecule has 1 rings (SSSR count). The van der Waals surface area contributed by atoms with E-state index in [1.807, 2.05) is 6.92 Å². The van der Waals surface area contributed by atoms with Crippen LogP contribution in [-0.4, -0.2) is 34.2 Å². The molecule has 118 valence electrons. The predicted molar refractivity (Wildman–Crippen MR) is 86.2 cm³/mol. The maximum absolute atomic E-state index is 12.1. The Balaban J connectivity index is 2.94. The third-order valence-corrected chi connectivity index (χ3v) is 4.51. The van der Waals surface area contributed by atoms with Gasteiger partial charge in [0.1, 0.15) is 0 Å². The lowest BCUT2D eigenvalue weighted by molar-refractivity contribution is 0.0952. The molecular formula is C15H24N2O3S. The Kier molecular flexibility index (Phi) is 5.78. The molecule has 0 heterocycles. The number of carbonyl (C=O) groups is 1. The highest BCUT2D eigenvalue weighted by molar-refractivity contribution is 7.92. The maximum atomic E-state index is 12.1. The fourth-order valence-corrected chi connectivity index (χ4v) is 2.40. The van der Waals surface area contributed by atoms with Gasteiger partial charge in [0.15, 0.2) is 0 Å². The van der Waals surface area contributed by atoms with Crippen molar-refractivity contribution in [2.45, 2.75) is 27.2 Å². The number of nitrogens with zero attached hydrogens (tertiary/aromatic N) is 1. The van der Waals surface area contributed by atoms with E-state index >= 15 is 0 Å². The molecule has 0 bridgehead atoms. The lowest BCUT2D eigenvalue weighted by Crippen LogP contribution is -2.28. The molecule has 0 aliphatic carbocycles. The van der Waals surface area contributed by atoms with Gasteiger partial charge in [-0.05, 0) is 37.0 Å². The predicted octanol–water partition coefficient (Wildman–Crippen LogP) is 2.17. The molecule has 1 amide bonds. The van der Waals surface area contributed by atoms with Crippen molar-refractivity contribution in [2.75, 3.05) is 24.2 Å². The number of nitrogens with one attached hydrogen (secondary N) is 1. The monoisotopic (exact) mass is 312 g/mol. The van der Waals surface area contributed by atoms with Gasteiger partial charge in [0.05, 0.1) is 11.9 Å². The normalized spacial score (nSPS) is 11.5. The zero-order chi connectivity index (χ0) is 16.2. The second kappa shape index (κ2) is 6.93. The molecular weight excluding hydrogens is 288 g/mol. The van der Waals surface area contributed by atoms with E-state index in [0.717, 1.165) is 18.2 Å². The van der Waals surface area contributed by atoms with Crippen molar-refractivity contribution < 1.29 is 13.2 Å². The van der Waals surface area contributed by atoms with E-state index < -0.39 is 10.0 Å². The summed E-state index contributed by atoms with van der Waals surface area (Å²) in [7, 11) is -1.86. The van der Waals surface area contributed by atoms with E-state index in [9.17, 15) is 13.2 Å². The van der Waals surface area contributed by atoms with E-state index in [0.29, 0.717) is 23.7 Å². The second-order valence-corrected chi connectivity index (χ2v) is 7.68. The van der Waals surface area contributed by atoms with Crippen LogP contribution in [0, 0.1) is 12.8 Å². The molecule has 0 aromatic heterocycles. The number of benzene rings is 1. The smallest absolute Gasteiger partial charge is 0.251 e. The number of rotatable bonds is 6. The number of hydrogen-bond acceptors (Lipinski definition) is 3. The maximum Gasteiger partial charge on any atom is 0.251 e. The molecule has 6 heteroatoms. The second-order valence-electron chi connectivity index (χ2n) is 5.67. The van der Waals surface area contributed by atoms with Crippen molar-refractivity contribution in [1.29, 1.82) is 0 Å². The first-order valence-corrected chi connectivity index (χ1v) is 8.80. The van der Waals surface area contributed by atoms with Gasteiger partial charge in [0.2, 0.25) is 10.0 Å². The fraction of sp³-hybridized carbons (Fsp3) is 0.533. The fourth-order valence-electron chi connectivity index (χ4n) is 1.84. The molecule has 0 aliphatic rings. The number of hydrogen-bond donors (Lipinski definition) is 1. The van der Waals surface area contributed by atoms with Gasteiger partial charge in [-0.15, -0.1) is 0 Å². The molecule has 0 saturated carbocycles. The molecule has 0 radical (unpaired) electrons. The van der Waals surface area contributed by atoms with Gasteiger partial charge in [-0.25, -0.2) is 8.42 Å². The third kappa shape index (κ3) is 5.04. The Labute approximate surface area is 127 Å². The summed E-state index contributed by atoms with van der Waals surface area (Å²) in [6.45, 7) is 6.62. The molecule has 1 N–H and O–H groups in total. The Morgan fingerprint density at radius 1 is 1.33 bits per heavy atom. The first-order chi connectivity index (χ1) is 9.62. The van der Waals surface area contributed by atoms with Crippen LogP contribution in [0.15, 0.2) is 18.2 Å². The van der Waals surface area contributed by atoms with Gasteiger partial charge in [0, 0.05) is 19.2 Å². The average molecular weight is 312 g/mol. The van der Waals surface area contributed by atoms with Crippen LogP contribution in [0.5, 0.6) is 0 Å². The topological polar surface area (TPSA) is 66.5 Å². The Hall–Kier alpha value is -1.56. The van der Waals surface area contributed by atoms with Gasteiger partial charge >= 0.3 is 0 Å². The lowest BCUT2D eigenvalue weighted by Gasteiger charge is -2.19. The third-order valence-electron chi connectivity index (χ3n) is 3.32. The van der Waals surface area contributed by atoms with E-state index in [-0.39, 0.29) is 5.91 Å². The molecule has 0 unspecified atom stereocenters. The van der Waals surface area contributed by atoms with Gasteiger partial charge < -0.3 is 5.32 Å². The Morgan fingerprint density at radius 2 is 1.95 bits per heavy atom. The van der Waals surface area contributed by atoms with Gasteiger partial charge in [-0.2, -0.15) is 0 Å². The molecule has 0 fully saturated rings. The highest BCUT2D eigenvalue weighted by atomic mass is 32.2. The zero-order valence-electron chi connectivity index (χ0n) is 13.3. The minimum absolute atomic E-state index is 0.182. The quantitative estimate of drug-likeness (QED) is 0.875. The number of anilines is 1. The lowest BCUT2D eigenvalue weighted by atomic mass is 10.1. The molecule has 0 aliphatic heterocycles. The van der Waals surface area contributed by atoms with E-state index in [1.54, 1.807) is 18.2 Å². The molecule has 0 spiro atoms. The van der Waals surface area contributed by atoms with Gasteiger partial charge in [-0.1, -0.05) is 19.9 Å². The molecule has 1 aromatic carbocycles. The van der Waals surface area contributed by atoms with Crippen molar-refractivity contribution in [2.24, 2.45) is 5.92 Å². The van der Waals surface area contributed by atoms with Crippen molar-refractivity contribution in [1.82, 2.24) is 5.32 Å². The van der Waals surface area contributed by atoms with Gasteiger partial charge in [-0.3, -0.25) is 9.10 Å². The van der Waals surface area contributed by atoms with Crippen molar-refractivity contribution in [3.05, 3.63) is 29.3 Å². The first kappa shape index (κ1) is 17.5.